The van der Waals surface area contributed by atoms with Gasteiger partial charge in [0.1, 0.15) is 0 Å². The van der Waals surface area contributed by atoms with Gasteiger partial charge >= 0.3 is 0 Å². The molecule has 2 aromatic rings. The van der Waals surface area contributed by atoms with Crippen LogP contribution >= 0.6 is 0 Å². The summed E-state index contributed by atoms with van der Waals surface area (Å²) in [7, 11) is 4.04. The fourth-order valence-corrected chi connectivity index (χ4v) is 3.91. The molecule has 160 valence electrons. The third-order valence-corrected chi connectivity index (χ3v) is 5.78. The van der Waals surface area contributed by atoms with E-state index in [-0.39, 0.29) is 17.9 Å². The van der Waals surface area contributed by atoms with Crippen LogP contribution in [0, 0.1) is 0 Å². The smallest absolute Gasteiger partial charge is 0.253 e. The summed E-state index contributed by atoms with van der Waals surface area (Å²) in [5.41, 5.74) is 3.94. The van der Waals surface area contributed by atoms with Gasteiger partial charge in [0, 0.05) is 63.6 Å². The Morgan fingerprint density at radius 3 is 2.33 bits per heavy atom. The molecule has 0 unspecified atom stereocenters. The number of carbonyl (C=O) groups excluding carboxylic acids is 2. The van der Waals surface area contributed by atoms with Gasteiger partial charge < -0.3 is 15.1 Å². The van der Waals surface area contributed by atoms with Crippen LogP contribution in [0.4, 0.5) is 5.69 Å². The molecule has 6 heteroatoms. The maximum atomic E-state index is 12.6. The second kappa shape index (κ2) is 9.74. The zero-order chi connectivity index (χ0) is 21.7. The molecule has 1 aromatic heterocycles. The summed E-state index contributed by atoms with van der Waals surface area (Å²) >= 11 is 0. The molecular weight excluding hydrogens is 376 g/mol. The molecule has 2 amide bonds. The Morgan fingerprint density at radius 2 is 1.80 bits per heavy atom. The Labute approximate surface area is 179 Å². The van der Waals surface area contributed by atoms with Crippen LogP contribution in [0.25, 0.3) is 0 Å². The standard InChI is InChI=1S/C24H32N4O2/c1-17(15-19-5-8-22(9-6-19)27(3)4)26-24(30)21-7-10-23(25-16-21)20-11-13-28(14-12-20)18(2)29/h5-10,16-17,20H,11-15H2,1-4H3,(H,26,30)/t17-/m0/s1. The van der Waals surface area contributed by atoms with E-state index in [4.69, 9.17) is 0 Å². The molecule has 1 aliphatic heterocycles. The normalized spacial score (nSPS) is 15.5. The van der Waals surface area contributed by atoms with E-state index in [1.807, 2.05) is 38.1 Å². The molecule has 0 radical (unpaired) electrons. The van der Waals surface area contributed by atoms with Crippen molar-refractivity contribution in [2.45, 2.75) is 45.1 Å². The van der Waals surface area contributed by atoms with Crippen molar-refractivity contribution in [1.82, 2.24) is 15.2 Å². The van der Waals surface area contributed by atoms with E-state index < -0.39 is 0 Å². The van der Waals surface area contributed by atoms with E-state index >= 15 is 0 Å². The average Bonchev–Trinajstić information content (AvgIpc) is 2.74. The van der Waals surface area contributed by atoms with Crippen LogP contribution in [0.5, 0.6) is 0 Å². The molecular formula is C24H32N4O2. The molecule has 2 heterocycles. The van der Waals surface area contributed by atoms with Gasteiger partial charge in [0.15, 0.2) is 0 Å². The van der Waals surface area contributed by atoms with Crippen molar-refractivity contribution < 1.29 is 9.59 Å². The summed E-state index contributed by atoms with van der Waals surface area (Å²) in [6.07, 6.45) is 4.28. The van der Waals surface area contributed by atoms with Crippen molar-refractivity contribution in [3.8, 4) is 0 Å². The van der Waals surface area contributed by atoms with Gasteiger partial charge in [-0.1, -0.05) is 12.1 Å². The van der Waals surface area contributed by atoms with Gasteiger partial charge in [-0.2, -0.15) is 0 Å². The lowest BCUT2D eigenvalue weighted by Gasteiger charge is -2.31. The maximum absolute atomic E-state index is 12.6. The first kappa shape index (κ1) is 21.8. The molecule has 3 rings (SSSR count). The lowest BCUT2D eigenvalue weighted by atomic mass is 9.93. The number of nitrogens with zero attached hydrogens (tertiary/aromatic N) is 3. The molecule has 0 saturated carbocycles. The Hall–Kier alpha value is -2.89. The highest BCUT2D eigenvalue weighted by Crippen LogP contribution is 2.26. The number of piperidine rings is 1. The topological polar surface area (TPSA) is 65.5 Å². The second-order valence-electron chi connectivity index (χ2n) is 8.39. The Kier molecular flexibility index (Phi) is 7.08. The zero-order valence-electron chi connectivity index (χ0n) is 18.4. The Balaban J connectivity index is 1.52. The van der Waals surface area contributed by atoms with Crippen LogP contribution in [-0.4, -0.2) is 54.9 Å². The summed E-state index contributed by atoms with van der Waals surface area (Å²) < 4.78 is 0. The summed E-state index contributed by atoms with van der Waals surface area (Å²) in [6.45, 7) is 5.18. The van der Waals surface area contributed by atoms with E-state index in [1.165, 1.54) is 5.56 Å². The molecule has 0 spiro atoms. The molecule has 1 saturated heterocycles. The molecule has 1 aliphatic rings. The number of benzene rings is 1. The number of carbonyl (C=O) groups is 2. The fraction of sp³-hybridized carbons (Fsp3) is 0.458. The van der Waals surface area contributed by atoms with E-state index in [0.717, 1.165) is 43.7 Å². The van der Waals surface area contributed by atoms with Crippen molar-refractivity contribution >= 4 is 17.5 Å². The van der Waals surface area contributed by atoms with Crippen molar-refractivity contribution in [2.75, 3.05) is 32.1 Å². The molecule has 0 aliphatic carbocycles. The van der Waals surface area contributed by atoms with Crippen molar-refractivity contribution in [2.24, 2.45) is 0 Å². The third kappa shape index (κ3) is 5.59. The molecule has 6 nitrogen and oxygen atoms in total. The number of amides is 2. The molecule has 1 N–H and O–H groups in total. The lowest BCUT2D eigenvalue weighted by Crippen LogP contribution is -2.36. The first-order valence-electron chi connectivity index (χ1n) is 10.6. The first-order valence-corrected chi connectivity index (χ1v) is 10.6. The summed E-state index contributed by atoms with van der Waals surface area (Å²) in [4.78, 5) is 32.6. The van der Waals surface area contributed by atoms with Crippen molar-refractivity contribution in [3.05, 3.63) is 59.4 Å². The van der Waals surface area contributed by atoms with Gasteiger partial charge in [0.2, 0.25) is 5.91 Å². The van der Waals surface area contributed by atoms with Crippen LogP contribution < -0.4 is 10.2 Å². The maximum Gasteiger partial charge on any atom is 0.253 e. The third-order valence-electron chi connectivity index (χ3n) is 5.78. The van der Waals surface area contributed by atoms with Crippen LogP contribution in [0.2, 0.25) is 0 Å². The van der Waals surface area contributed by atoms with Gasteiger partial charge in [0.25, 0.3) is 5.91 Å². The SMILES string of the molecule is CC(=O)N1CCC(c2ccc(C(=O)N[C@@H](C)Cc3ccc(N(C)C)cc3)cn2)CC1. The van der Waals surface area contributed by atoms with Gasteiger partial charge in [0.05, 0.1) is 5.56 Å². The average molecular weight is 409 g/mol. The summed E-state index contributed by atoms with van der Waals surface area (Å²) in [5, 5.41) is 3.07. The number of rotatable bonds is 6. The quantitative estimate of drug-likeness (QED) is 0.797. The molecule has 0 bridgehead atoms. The largest absolute Gasteiger partial charge is 0.378 e. The fourth-order valence-electron chi connectivity index (χ4n) is 3.91. The van der Waals surface area contributed by atoms with Gasteiger partial charge in [-0.3, -0.25) is 14.6 Å². The summed E-state index contributed by atoms with van der Waals surface area (Å²) in [6, 6.07) is 12.2. The van der Waals surface area contributed by atoms with Crippen molar-refractivity contribution in [1.29, 1.82) is 0 Å². The highest BCUT2D eigenvalue weighted by molar-refractivity contribution is 5.94. The Bertz CT molecular complexity index is 854. The van der Waals surface area contributed by atoms with E-state index in [0.29, 0.717) is 11.5 Å². The molecule has 1 atom stereocenters. The molecule has 1 aromatic carbocycles. The number of likely N-dealkylation sites (tertiary alicyclic amines) is 1. The number of hydrogen-bond donors (Lipinski definition) is 1. The van der Waals surface area contributed by atoms with E-state index in [2.05, 4.69) is 39.5 Å². The van der Waals surface area contributed by atoms with Gasteiger partial charge in [-0.25, -0.2) is 0 Å². The number of hydrogen-bond acceptors (Lipinski definition) is 4. The number of aromatic nitrogens is 1. The van der Waals surface area contributed by atoms with Gasteiger partial charge in [-0.15, -0.1) is 0 Å². The first-order chi connectivity index (χ1) is 14.3. The van der Waals surface area contributed by atoms with Crippen LogP contribution in [0.3, 0.4) is 0 Å². The molecule has 1 fully saturated rings. The van der Waals surface area contributed by atoms with Crippen LogP contribution in [-0.2, 0) is 11.2 Å². The van der Waals surface area contributed by atoms with Crippen LogP contribution in [0.1, 0.15) is 54.2 Å². The minimum absolute atomic E-state index is 0.0262. The predicted molar refractivity (Wildman–Crippen MR) is 120 cm³/mol. The zero-order valence-corrected chi connectivity index (χ0v) is 18.4. The Morgan fingerprint density at radius 1 is 1.13 bits per heavy atom. The number of nitrogens with one attached hydrogen (secondary N) is 1. The second-order valence-corrected chi connectivity index (χ2v) is 8.39. The molecule has 30 heavy (non-hydrogen) atoms. The van der Waals surface area contributed by atoms with E-state index in [9.17, 15) is 9.59 Å². The minimum atomic E-state index is -0.0992. The highest BCUT2D eigenvalue weighted by Gasteiger charge is 2.23. The number of anilines is 1. The summed E-state index contributed by atoms with van der Waals surface area (Å²) in [5.74, 6) is 0.385. The van der Waals surface area contributed by atoms with Gasteiger partial charge in [-0.05, 0) is 56.0 Å². The monoisotopic (exact) mass is 408 g/mol. The van der Waals surface area contributed by atoms with E-state index in [1.54, 1.807) is 13.1 Å². The van der Waals surface area contributed by atoms with Crippen LogP contribution in [0.15, 0.2) is 42.6 Å². The highest BCUT2D eigenvalue weighted by atomic mass is 16.2. The predicted octanol–water partition coefficient (Wildman–Crippen LogP) is 3.23. The lowest BCUT2D eigenvalue weighted by molar-refractivity contribution is -0.129. The van der Waals surface area contributed by atoms with Crippen molar-refractivity contribution in [3.63, 3.8) is 0 Å². The minimum Gasteiger partial charge on any atom is -0.378 e. The number of pyridine rings is 1.